The third-order valence-corrected chi connectivity index (χ3v) is 2.57. The molecule has 74 valence electrons. The first-order chi connectivity index (χ1) is 6.81. The van der Waals surface area contributed by atoms with Crippen molar-refractivity contribution in [2.75, 3.05) is 13.7 Å². The van der Waals surface area contributed by atoms with Crippen LogP contribution in [0.1, 0.15) is 11.1 Å². The summed E-state index contributed by atoms with van der Waals surface area (Å²) >= 11 is 3.43. The molecule has 0 saturated carbocycles. The van der Waals surface area contributed by atoms with Crippen molar-refractivity contribution in [2.45, 2.75) is 6.61 Å². The minimum Gasteiger partial charge on any atom is -0.399 e. The standard InChI is InChI=1S/C10H10BrNO2/c1-13-12-10-6-14-5-7-2-3-8(11)4-9(7)10/h2-4H,5-6H2,1H3/b12-10+. The highest BCUT2D eigenvalue weighted by Crippen LogP contribution is 2.21. The predicted octanol–water partition coefficient (Wildman–Crippen LogP) is 2.33. The number of nitrogens with zero attached hydrogens (tertiary/aromatic N) is 1. The highest BCUT2D eigenvalue weighted by molar-refractivity contribution is 9.10. The van der Waals surface area contributed by atoms with Gasteiger partial charge in [0, 0.05) is 10.0 Å². The molecule has 0 aromatic heterocycles. The second-order valence-electron chi connectivity index (χ2n) is 3.01. The molecule has 0 spiro atoms. The van der Waals surface area contributed by atoms with Crippen molar-refractivity contribution < 1.29 is 9.57 Å². The van der Waals surface area contributed by atoms with Crippen LogP contribution >= 0.6 is 15.9 Å². The van der Waals surface area contributed by atoms with Crippen LogP contribution in [0.25, 0.3) is 0 Å². The van der Waals surface area contributed by atoms with E-state index in [1.54, 1.807) is 7.11 Å². The number of oxime groups is 1. The molecule has 3 nitrogen and oxygen atoms in total. The van der Waals surface area contributed by atoms with Gasteiger partial charge in [0.2, 0.25) is 0 Å². The van der Waals surface area contributed by atoms with Crippen molar-refractivity contribution in [1.82, 2.24) is 0 Å². The van der Waals surface area contributed by atoms with E-state index in [4.69, 9.17) is 9.57 Å². The van der Waals surface area contributed by atoms with Crippen molar-refractivity contribution in [3.05, 3.63) is 33.8 Å². The Morgan fingerprint density at radius 3 is 3.07 bits per heavy atom. The second-order valence-corrected chi connectivity index (χ2v) is 3.93. The molecule has 1 aromatic carbocycles. The van der Waals surface area contributed by atoms with Crippen molar-refractivity contribution in [3.63, 3.8) is 0 Å². The molecule has 0 radical (unpaired) electrons. The van der Waals surface area contributed by atoms with Gasteiger partial charge in [-0.3, -0.25) is 0 Å². The van der Waals surface area contributed by atoms with Gasteiger partial charge < -0.3 is 9.57 Å². The summed E-state index contributed by atoms with van der Waals surface area (Å²) in [5.74, 6) is 0. The number of benzene rings is 1. The summed E-state index contributed by atoms with van der Waals surface area (Å²) in [6.07, 6.45) is 0. The number of ether oxygens (including phenoxy) is 1. The lowest BCUT2D eigenvalue weighted by Gasteiger charge is -2.17. The van der Waals surface area contributed by atoms with Gasteiger partial charge in [0.05, 0.1) is 13.2 Å². The maximum atomic E-state index is 5.37. The van der Waals surface area contributed by atoms with Crippen LogP contribution in [0.15, 0.2) is 27.8 Å². The van der Waals surface area contributed by atoms with Crippen LogP contribution in [0.2, 0.25) is 0 Å². The van der Waals surface area contributed by atoms with Gasteiger partial charge in [-0.05, 0) is 17.7 Å². The first-order valence-electron chi connectivity index (χ1n) is 4.28. The highest BCUT2D eigenvalue weighted by atomic mass is 79.9. The van der Waals surface area contributed by atoms with E-state index < -0.39 is 0 Å². The van der Waals surface area contributed by atoms with Gasteiger partial charge in [-0.2, -0.15) is 0 Å². The van der Waals surface area contributed by atoms with Gasteiger partial charge in [-0.1, -0.05) is 27.2 Å². The molecule has 1 heterocycles. The maximum absolute atomic E-state index is 5.37. The Morgan fingerprint density at radius 1 is 1.43 bits per heavy atom. The van der Waals surface area contributed by atoms with Crippen molar-refractivity contribution in [2.24, 2.45) is 5.16 Å². The Kier molecular flexibility index (Phi) is 2.84. The summed E-state index contributed by atoms with van der Waals surface area (Å²) in [6.45, 7) is 1.16. The van der Waals surface area contributed by atoms with Gasteiger partial charge in [-0.15, -0.1) is 0 Å². The summed E-state index contributed by atoms with van der Waals surface area (Å²) in [6, 6.07) is 6.07. The summed E-state index contributed by atoms with van der Waals surface area (Å²) in [7, 11) is 1.54. The summed E-state index contributed by atoms with van der Waals surface area (Å²) in [4.78, 5) is 4.77. The van der Waals surface area contributed by atoms with E-state index in [-0.39, 0.29) is 0 Å². The van der Waals surface area contributed by atoms with E-state index in [1.807, 2.05) is 18.2 Å². The summed E-state index contributed by atoms with van der Waals surface area (Å²) in [5, 5.41) is 3.94. The molecule has 1 aromatic rings. The third kappa shape index (κ3) is 1.81. The summed E-state index contributed by atoms with van der Waals surface area (Å²) < 4.78 is 6.42. The van der Waals surface area contributed by atoms with Crippen LogP contribution < -0.4 is 0 Å². The van der Waals surface area contributed by atoms with E-state index in [0.29, 0.717) is 13.2 Å². The van der Waals surface area contributed by atoms with Crippen molar-refractivity contribution >= 4 is 21.6 Å². The van der Waals surface area contributed by atoms with Gasteiger partial charge >= 0.3 is 0 Å². The highest BCUT2D eigenvalue weighted by Gasteiger charge is 2.16. The van der Waals surface area contributed by atoms with E-state index >= 15 is 0 Å². The molecule has 4 heteroatoms. The first kappa shape index (κ1) is 9.68. The molecule has 0 N–H and O–H groups in total. The third-order valence-electron chi connectivity index (χ3n) is 2.08. The molecule has 14 heavy (non-hydrogen) atoms. The number of rotatable bonds is 1. The monoisotopic (exact) mass is 255 g/mol. The predicted molar refractivity (Wildman–Crippen MR) is 57.3 cm³/mol. The maximum Gasteiger partial charge on any atom is 0.113 e. The van der Waals surface area contributed by atoms with Gasteiger partial charge in [-0.25, -0.2) is 0 Å². The Labute approximate surface area is 90.8 Å². The van der Waals surface area contributed by atoms with Crippen LogP contribution in [0, 0.1) is 0 Å². The van der Waals surface area contributed by atoms with E-state index in [0.717, 1.165) is 21.3 Å². The average molecular weight is 256 g/mol. The van der Waals surface area contributed by atoms with Gasteiger partial charge in [0.15, 0.2) is 0 Å². The molecule has 0 amide bonds. The lowest BCUT2D eigenvalue weighted by Crippen LogP contribution is -2.19. The van der Waals surface area contributed by atoms with E-state index in [2.05, 4.69) is 21.1 Å². The van der Waals surface area contributed by atoms with Crippen LogP contribution in [0.3, 0.4) is 0 Å². The number of hydrogen-bond donors (Lipinski definition) is 0. The van der Waals surface area contributed by atoms with Crippen LogP contribution in [0.4, 0.5) is 0 Å². The minimum atomic E-state index is 0.511. The fraction of sp³-hybridized carbons (Fsp3) is 0.300. The number of halogens is 1. The lowest BCUT2D eigenvalue weighted by atomic mass is 10.0. The molecular formula is C10H10BrNO2. The Bertz CT molecular complexity index is 376. The number of fused-ring (bicyclic) bond motifs is 1. The fourth-order valence-corrected chi connectivity index (χ4v) is 1.83. The SMILES string of the molecule is CO/N=C1\COCc2ccc(Br)cc21. The molecule has 0 aliphatic carbocycles. The minimum absolute atomic E-state index is 0.511. The average Bonchev–Trinajstić information content (AvgIpc) is 2.19. The van der Waals surface area contributed by atoms with Crippen LogP contribution in [-0.4, -0.2) is 19.4 Å². The fourth-order valence-electron chi connectivity index (χ4n) is 1.46. The largest absolute Gasteiger partial charge is 0.399 e. The van der Waals surface area contributed by atoms with Gasteiger partial charge in [0.1, 0.15) is 12.8 Å². The number of hydrogen-bond acceptors (Lipinski definition) is 3. The van der Waals surface area contributed by atoms with Crippen LogP contribution in [-0.2, 0) is 16.2 Å². The van der Waals surface area contributed by atoms with Crippen LogP contribution in [0.5, 0.6) is 0 Å². The zero-order valence-corrected chi connectivity index (χ0v) is 9.37. The zero-order valence-electron chi connectivity index (χ0n) is 7.79. The molecule has 2 rings (SSSR count). The molecular weight excluding hydrogens is 246 g/mol. The van der Waals surface area contributed by atoms with E-state index in [1.165, 1.54) is 0 Å². The molecule has 0 atom stereocenters. The Balaban J connectivity index is 2.47. The van der Waals surface area contributed by atoms with Gasteiger partial charge in [0.25, 0.3) is 0 Å². The second kappa shape index (κ2) is 4.11. The van der Waals surface area contributed by atoms with Crippen molar-refractivity contribution in [1.29, 1.82) is 0 Å². The quantitative estimate of drug-likeness (QED) is 0.722. The zero-order chi connectivity index (χ0) is 9.97. The topological polar surface area (TPSA) is 30.8 Å². The molecule has 1 aliphatic heterocycles. The molecule has 0 unspecified atom stereocenters. The molecule has 0 bridgehead atoms. The first-order valence-corrected chi connectivity index (χ1v) is 5.07. The van der Waals surface area contributed by atoms with Crippen molar-refractivity contribution in [3.8, 4) is 0 Å². The Hall–Kier alpha value is -0.870. The molecule has 0 saturated heterocycles. The molecule has 0 fully saturated rings. The lowest BCUT2D eigenvalue weighted by molar-refractivity contribution is 0.144. The Morgan fingerprint density at radius 2 is 2.29 bits per heavy atom. The smallest absolute Gasteiger partial charge is 0.113 e. The summed E-state index contributed by atoms with van der Waals surface area (Å²) in [5.41, 5.74) is 3.10. The molecule has 1 aliphatic rings. The van der Waals surface area contributed by atoms with E-state index in [9.17, 15) is 0 Å². The normalized spacial score (nSPS) is 18.0.